The van der Waals surface area contributed by atoms with E-state index < -0.39 is 11.9 Å². The van der Waals surface area contributed by atoms with Crippen molar-refractivity contribution < 1.29 is 19.4 Å². The van der Waals surface area contributed by atoms with E-state index in [0.717, 1.165) is 16.3 Å². The summed E-state index contributed by atoms with van der Waals surface area (Å²) < 4.78 is 5.35. The van der Waals surface area contributed by atoms with Crippen LogP contribution >= 0.6 is 0 Å². The van der Waals surface area contributed by atoms with Crippen molar-refractivity contribution in [2.45, 2.75) is 12.8 Å². The normalized spacial score (nSPS) is 17.9. The van der Waals surface area contributed by atoms with Crippen molar-refractivity contribution in [3.8, 4) is 5.75 Å². The fraction of sp³-hybridized carbons (Fsp3) is 0.250. The van der Waals surface area contributed by atoms with Gasteiger partial charge >= 0.3 is 5.97 Å². The maximum Gasteiger partial charge on any atom is 0.307 e. The van der Waals surface area contributed by atoms with Crippen molar-refractivity contribution in [2.75, 3.05) is 7.11 Å². The monoisotopic (exact) mass is 270 g/mol. The molecule has 4 heteroatoms. The highest BCUT2D eigenvalue weighted by atomic mass is 16.5. The third kappa shape index (κ3) is 1.84. The van der Waals surface area contributed by atoms with Crippen LogP contribution in [0.4, 0.5) is 0 Å². The molecule has 0 saturated heterocycles. The summed E-state index contributed by atoms with van der Waals surface area (Å²) in [6, 6.07) is 9.47. The molecular formula is C16H14O4. The van der Waals surface area contributed by atoms with Crippen molar-refractivity contribution in [2.24, 2.45) is 5.92 Å². The van der Waals surface area contributed by atoms with Crippen LogP contribution in [0.2, 0.25) is 0 Å². The fourth-order valence-electron chi connectivity index (χ4n) is 2.89. The van der Waals surface area contributed by atoms with E-state index in [-0.39, 0.29) is 12.2 Å². The second-order valence-corrected chi connectivity index (χ2v) is 5.02. The Balaban J connectivity index is 2.29. The van der Waals surface area contributed by atoms with E-state index in [4.69, 9.17) is 9.84 Å². The number of Topliss-reactive ketones (excluding diaryl/α,β-unsaturated/α-hetero) is 1. The molecule has 1 atom stereocenters. The Morgan fingerprint density at radius 3 is 2.75 bits per heavy atom. The Morgan fingerprint density at radius 2 is 2.05 bits per heavy atom. The van der Waals surface area contributed by atoms with Gasteiger partial charge in [0.25, 0.3) is 0 Å². The maximum atomic E-state index is 12.4. The quantitative estimate of drug-likeness (QED) is 0.911. The average Bonchev–Trinajstić information content (AvgIpc) is 2.45. The zero-order valence-electron chi connectivity index (χ0n) is 11.1. The van der Waals surface area contributed by atoms with Gasteiger partial charge in [0.05, 0.1) is 13.0 Å². The van der Waals surface area contributed by atoms with Gasteiger partial charge in [-0.3, -0.25) is 9.59 Å². The van der Waals surface area contributed by atoms with Crippen LogP contribution in [0, 0.1) is 5.92 Å². The Hall–Kier alpha value is -2.36. The first-order valence-electron chi connectivity index (χ1n) is 6.46. The van der Waals surface area contributed by atoms with Crippen LogP contribution in [-0.2, 0) is 11.2 Å². The van der Waals surface area contributed by atoms with Crippen molar-refractivity contribution in [3.05, 3.63) is 41.5 Å². The SMILES string of the molecule is COc1cc2ccccc2c2c1C[C@@H](C(=O)O)CC2=O. The molecule has 0 bridgehead atoms. The minimum Gasteiger partial charge on any atom is -0.496 e. The largest absolute Gasteiger partial charge is 0.496 e. The summed E-state index contributed by atoms with van der Waals surface area (Å²) in [5.41, 5.74) is 1.34. The third-order valence-electron chi connectivity index (χ3n) is 3.85. The van der Waals surface area contributed by atoms with Gasteiger partial charge < -0.3 is 9.84 Å². The number of ketones is 1. The molecule has 0 amide bonds. The number of carbonyl (C=O) groups is 2. The van der Waals surface area contributed by atoms with Crippen LogP contribution in [0.5, 0.6) is 5.75 Å². The van der Waals surface area contributed by atoms with E-state index in [1.54, 1.807) is 7.11 Å². The van der Waals surface area contributed by atoms with Gasteiger partial charge in [-0.15, -0.1) is 0 Å². The number of ether oxygens (including phenoxy) is 1. The van der Waals surface area contributed by atoms with E-state index in [9.17, 15) is 9.59 Å². The Morgan fingerprint density at radius 1 is 1.30 bits per heavy atom. The Bertz CT molecular complexity index is 718. The molecule has 3 rings (SSSR count). The summed E-state index contributed by atoms with van der Waals surface area (Å²) in [5, 5.41) is 11.0. The fourth-order valence-corrected chi connectivity index (χ4v) is 2.89. The van der Waals surface area contributed by atoms with Gasteiger partial charge in [-0.25, -0.2) is 0 Å². The summed E-state index contributed by atoms with van der Waals surface area (Å²) in [7, 11) is 1.54. The van der Waals surface area contributed by atoms with Gasteiger partial charge in [-0.05, 0) is 23.3 Å². The zero-order chi connectivity index (χ0) is 14.3. The molecule has 0 heterocycles. The second-order valence-electron chi connectivity index (χ2n) is 5.02. The molecule has 0 saturated carbocycles. The lowest BCUT2D eigenvalue weighted by Crippen LogP contribution is -2.27. The second kappa shape index (κ2) is 4.63. The molecule has 0 unspecified atom stereocenters. The first-order valence-corrected chi connectivity index (χ1v) is 6.46. The molecule has 0 fully saturated rings. The molecule has 1 aliphatic carbocycles. The topological polar surface area (TPSA) is 63.6 Å². The molecule has 0 radical (unpaired) electrons. The van der Waals surface area contributed by atoms with E-state index in [1.165, 1.54) is 0 Å². The van der Waals surface area contributed by atoms with Crippen molar-refractivity contribution >= 4 is 22.5 Å². The standard InChI is InChI=1S/C16H14O4/c1-20-14-8-9-4-2-3-5-11(9)15-12(14)6-10(16(18)19)7-13(15)17/h2-5,8,10H,6-7H2,1H3,(H,18,19)/t10-/m1/s1. The number of methoxy groups -OCH3 is 1. The first kappa shape index (κ1) is 12.7. The Labute approximate surface area is 116 Å². The molecule has 20 heavy (non-hydrogen) atoms. The minimum absolute atomic E-state index is 0.0551. The van der Waals surface area contributed by atoms with Crippen LogP contribution in [0.1, 0.15) is 22.3 Å². The lowest BCUT2D eigenvalue weighted by atomic mass is 9.80. The lowest BCUT2D eigenvalue weighted by Gasteiger charge is -2.24. The number of carboxylic acid groups (broad SMARTS) is 1. The highest BCUT2D eigenvalue weighted by molar-refractivity contribution is 6.12. The molecule has 1 aliphatic rings. The lowest BCUT2D eigenvalue weighted by molar-refractivity contribution is -0.141. The van der Waals surface area contributed by atoms with Gasteiger partial charge in [-0.1, -0.05) is 24.3 Å². The van der Waals surface area contributed by atoms with Gasteiger partial charge in [0, 0.05) is 17.5 Å². The van der Waals surface area contributed by atoms with E-state index in [2.05, 4.69) is 0 Å². The van der Waals surface area contributed by atoms with Gasteiger partial charge in [0.15, 0.2) is 5.78 Å². The number of aliphatic carboxylic acids is 1. The third-order valence-corrected chi connectivity index (χ3v) is 3.85. The summed E-state index contributed by atoms with van der Waals surface area (Å²) >= 11 is 0. The summed E-state index contributed by atoms with van der Waals surface area (Å²) in [6.45, 7) is 0. The molecular weight excluding hydrogens is 256 g/mol. The number of fused-ring (bicyclic) bond motifs is 3. The predicted molar refractivity (Wildman–Crippen MR) is 74.3 cm³/mol. The molecule has 0 aromatic heterocycles. The Kier molecular flexibility index (Phi) is 2.93. The zero-order valence-corrected chi connectivity index (χ0v) is 11.1. The summed E-state index contributed by atoms with van der Waals surface area (Å²) in [5.74, 6) is -1.11. The van der Waals surface area contributed by atoms with Crippen LogP contribution in [0.25, 0.3) is 10.8 Å². The number of hydrogen-bond donors (Lipinski definition) is 1. The van der Waals surface area contributed by atoms with Gasteiger partial charge in [-0.2, -0.15) is 0 Å². The molecule has 0 spiro atoms. The number of hydrogen-bond acceptors (Lipinski definition) is 3. The minimum atomic E-state index is -0.931. The van der Waals surface area contributed by atoms with Gasteiger partial charge in [0.2, 0.25) is 0 Å². The maximum absolute atomic E-state index is 12.4. The summed E-state index contributed by atoms with van der Waals surface area (Å²) in [6.07, 6.45) is 0.393. The molecule has 0 aliphatic heterocycles. The van der Waals surface area contributed by atoms with Crippen LogP contribution in [0.15, 0.2) is 30.3 Å². The van der Waals surface area contributed by atoms with Crippen molar-refractivity contribution in [1.82, 2.24) is 0 Å². The summed E-state index contributed by atoms with van der Waals surface area (Å²) in [4.78, 5) is 23.5. The molecule has 2 aromatic carbocycles. The number of carboxylic acids is 1. The molecule has 4 nitrogen and oxygen atoms in total. The first-order chi connectivity index (χ1) is 9.61. The van der Waals surface area contributed by atoms with Crippen LogP contribution in [-0.4, -0.2) is 24.0 Å². The van der Waals surface area contributed by atoms with E-state index in [0.29, 0.717) is 17.7 Å². The van der Waals surface area contributed by atoms with Gasteiger partial charge in [0.1, 0.15) is 5.75 Å². The van der Waals surface area contributed by atoms with E-state index >= 15 is 0 Å². The molecule has 1 N–H and O–H groups in total. The smallest absolute Gasteiger partial charge is 0.307 e. The highest BCUT2D eigenvalue weighted by Gasteiger charge is 2.33. The van der Waals surface area contributed by atoms with Crippen molar-refractivity contribution in [1.29, 1.82) is 0 Å². The van der Waals surface area contributed by atoms with Crippen LogP contribution in [0.3, 0.4) is 0 Å². The number of rotatable bonds is 2. The molecule has 102 valence electrons. The molecule has 2 aromatic rings. The predicted octanol–water partition coefficient (Wildman–Crippen LogP) is 2.68. The van der Waals surface area contributed by atoms with Crippen LogP contribution < -0.4 is 4.74 Å². The average molecular weight is 270 g/mol. The number of carbonyl (C=O) groups excluding carboxylic acids is 1. The number of benzene rings is 2. The van der Waals surface area contributed by atoms with E-state index in [1.807, 2.05) is 30.3 Å². The van der Waals surface area contributed by atoms with Crippen molar-refractivity contribution in [3.63, 3.8) is 0 Å². The highest BCUT2D eigenvalue weighted by Crippen LogP contribution is 2.37.